The third-order valence-electron chi connectivity index (χ3n) is 2.73. The van der Waals surface area contributed by atoms with Crippen molar-refractivity contribution in [2.45, 2.75) is 44.9 Å². The Balaban J connectivity index is 2.48. The summed E-state index contributed by atoms with van der Waals surface area (Å²) in [7, 11) is 0. The van der Waals surface area contributed by atoms with Gasteiger partial charge in [0.25, 0.3) is 0 Å². The lowest BCUT2D eigenvalue weighted by molar-refractivity contribution is 0.422. The zero-order chi connectivity index (χ0) is 13.6. The summed E-state index contributed by atoms with van der Waals surface area (Å²) in [5.74, 6) is 0.632. The normalized spacial score (nSPS) is 13.6. The van der Waals surface area contributed by atoms with Gasteiger partial charge in [-0.25, -0.2) is 0 Å². The summed E-state index contributed by atoms with van der Waals surface area (Å²) < 4.78 is 5.73. The highest BCUT2D eigenvalue weighted by atomic mass is 32.2. The van der Waals surface area contributed by atoms with E-state index in [4.69, 9.17) is 4.42 Å². The van der Waals surface area contributed by atoms with E-state index in [-0.39, 0.29) is 10.8 Å². The molecule has 1 aromatic heterocycles. The van der Waals surface area contributed by atoms with Crippen LogP contribution in [0, 0.1) is 0 Å². The summed E-state index contributed by atoms with van der Waals surface area (Å²) in [5.41, 5.74) is 0. The first-order valence-electron chi connectivity index (χ1n) is 6.34. The van der Waals surface area contributed by atoms with E-state index in [2.05, 4.69) is 47.9 Å². The van der Waals surface area contributed by atoms with Gasteiger partial charge in [0.15, 0.2) is 0 Å². The second-order valence-electron chi connectivity index (χ2n) is 4.94. The highest BCUT2D eigenvalue weighted by molar-refractivity contribution is 7.99. The number of thioether (sulfide) groups is 1. The molecule has 0 saturated carbocycles. The third-order valence-corrected chi connectivity index (χ3v) is 3.98. The Morgan fingerprint density at radius 3 is 2.72 bits per heavy atom. The Labute approximate surface area is 114 Å². The predicted octanol–water partition coefficient (Wildman–Crippen LogP) is 2.68. The standard InChI is InChI=1S/C12H24N4OS/c1-6-7-13-9(2)10-15-16-11(17-10)14-8-12(3,4)18-5/h9,13H,6-8H2,1-5H3,(H,14,16). The molecule has 1 aromatic rings. The van der Waals surface area contributed by atoms with Crippen LogP contribution in [0.15, 0.2) is 4.42 Å². The van der Waals surface area contributed by atoms with Gasteiger partial charge < -0.3 is 15.1 Å². The van der Waals surface area contributed by atoms with Crippen LogP contribution in [0.2, 0.25) is 0 Å². The van der Waals surface area contributed by atoms with Crippen molar-refractivity contribution in [3.8, 4) is 0 Å². The molecule has 1 rings (SSSR count). The van der Waals surface area contributed by atoms with E-state index < -0.39 is 0 Å². The maximum atomic E-state index is 5.58. The number of rotatable bonds is 8. The summed E-state index contributed by atoms with van der Waals surface area (Å²) in [4.78, 5) is 0. The second kappa shape index (κ2) is 6.99. The summed E-state index contributed by atoms with van der Waals surface area (Å²) in [6.45, 7) is 10.3. The molecular weight excluding hydrogens is 248 g/mol. The second-order valence-corrected chi connectivity index (χ2v) is 6.45. The Morgan fingerprint density at radius 1 is 1.39 bits per heavy atom. The smallest absolute Gasteiger partial charge is 0.315 e. The number of nitrogens with one attached hydrogen (secondary N) is 2. The first kappa shape index (κ1) is 15.3. The summed E-state index contributed by atoms with van der Waals surface area (Å²) in [6.07, 6.45) is 3.18. The van der Waals surface area contributed by atoms with E-state index in [9.17, 15) is 0 Å². The molecule has 0 spiro atoms. The van der Waals surface area contributed by atoms with Crippen molar-refractivity contribution in [3.63, 3.8) is 0 Å². The molecule has 0 aliphatic heterocycles. The van der Waals surface area contributed by atoms with Crippen LogP contribution in [0.3, 0.4) is 0 Å². The van der Waals surface area contributed by atoms with E-state index in [0.29, 0.717) is 11.9 Å². The molecule has 0 bridgehead atoms. The van der Waals surface area contributed by atoms with Gasteiger partial charge in [0, 0.05) is 11.3 Å². The molecule has 0 aliphatic rings. The zero-order valence-corrected chi connectivity index (χ0v) is 12.7. The number of hydrogen-bond acceptors (Lipinski definition) is 6. The average molecular weight is 272 g/mol. The van der Waals surface area contributed by atoms with Crippen LogP contribution in [0.25, 0.3) is 0 Å². The van der Waals surface area contributed by atoms with E-state index in [1.54, 1.807) is 11.8 Å². The van der Waals surface area contributed by atoms with Crippen LogP contribution in [0.5, 0.6) is 0 Å². The van der Waals surface area contributed by atoms with E-state index in [0.717, 1.165) is 19.5 Å². The van der Waals surface area contributed by atoms with Gasteiger partial charge in [-0.1, -0.05) is 12.0 Å². The van der Waals surface area contributed by atoms with Crippen molar-refractivity contribution in [3.05, 3.63) is 5.89 Å². The maximum Gasteiger partial charge on any atom is 0.315 e. The minimum Gasteiger partial charge on any atom is -0.406 e. The fourth-order valence-corrected chi connectivity index (χ4v) is 1.51. The summed E-state index contributed by atoms with van der Waals surface area (Å²) in [6, 6.07) is 0.596. The third kappa shape index (κ3) is 4.86. The Kier molecular flexibility index (Phi) is 5.95. The lowest BCUT2D eigenvalue weighted by atomic mass is 10.2. The van der Waals surface area contributed by atoms with E-state index in [1.165, 1.54) is 0 Å². The molecule has 0 aromatic carbocycles. The molecule has 5 nitrogen and oxygen atoms in total. The van der Waals surface area contributed by atoms with Gasteiger partial charge in [0.2, 0.25) is 5.89 Å². The Morgan fingerprint density at radius 2 is 2.11 bits per heavy atom. The monoisotopic (exact) mass is 272 g/mol. The highest BCUT2D eigenvalue weighted by Gasteiger charge is 2.18. The van der Waals surface area contributed by atoms with Crippen LogP contribution in [-0.2, 0) is 0 Å². The molecule has 1 atom stereocenters. The number of anilines is 1. The lowest BCUT2D eigenvalue weighted by Gasteiger charge is -2.21. The average Bonchev–Trinajstić information content (AvgIpc) is 2.82. The quantitative estimate of drug-likeness (QED) is 0.758. The summed E-state index contributed by atoms with van der Waals surface area (Å²) >= 11 is 1.81. The molecule has 1 unspecified atom stereocenters. The van der Waals surface area contributed by atoms with Gasteiger partial charge in [0.05, 0.1) is 6.04 Å². The zero-order valence-electron chi connectivity index (χ0n) is 11.9. The fourth-order valence-electron chi connectivity index (χ4n) is 1.29. The summed E-state index contributed by atoms with van der Waals surface area (Å²) in [5, 5.41) is 14.5. The van der Waals surface area contributed by atoms with Crippen molar-refractivity contribution in [1.82, 2.24) is 15.5 Å². The van der Waals surface area contributed by atoms with Crippen molar-refractivity contribution in [2.24, 2.45) is 0 Å². The molecular formula is C12H24N4OS. The number of nitrogens with zero attached hydrogens (tertiary/aromatic N) is 2. The first-order chi connectivity index (χ1) is 8.48. The topological polar surface area (TPSA) is 63.0 Å². The van der Waals surface area contributed by atoms with Gasteiger partial charge in [-0.05, 0) is 40.0 Å². The van der Waals surface area contributed by atoms with E-state index >= 15 is 0 Å². The van der Waals surface area contributed by atoms with Crippen LogP contribution >= 0.6 is 11.8 Å². The van der Waals surface area contributed by atoms with Crippen LogP contribution in [0.4, 0.5) is 6.01 Å². The lowest BCUT2D eigenvalue weighted by Crippen LogP contribution is -2.25. The molecule has 1 heterocycles. The number of aromatic nitrogens is 2. The van der Waals surface area contributed by atoms with Gasteiger partial charge >= 0.3 is 6.01 Å². The Hall–Kier alpha value is -0.750. The molecule has 0 fully saturated rings. The minimum absolute atomic E-state index is 0.0987. The molecule has 0 amide bonds. The van der Waals surface area contributed by atoms with Crippen molar-refractivity contribution in [2.75, 3.05) is 24.7 Å². The van der Waals surface area contributed by atoms with Gasteiger partial charge in [-0.15, -0.1) is 5.10 Å². The maximum absolute atomic E-state index is 5.58. The molecule has 104 valence electrons. The fraction of sp³-hybridized carbons (Fsp3) is 0.833. The van der Waals surface area contributed by atoms with Crippen LogP contribution in [-0.4, -0.2) is 34.3 Å². The SMILES string of the molecule is CCCNC(C)c1nnc(NCC(C)(C)SC)o1. The van der Waals surface area contributed by atoms with Crippen molar-refractivity contribution < 1.29 is 4.42 Å². The first-order valence-corrected chi connectivity index (χ1v) is 7.57. The van der Waals surface area contributed by atoms with Crippen LogP contribution in [0.1, 0.15) is 46.0 Å². The van der Waals surface area contributed by atoms with Crippen LogP contribution < -0.4 is 10.6 Å². The minimum atomic E-state index is 0.0987. The van der Waals surface area contributed by atoms with E-state index in [1.807, 2.05) is 6.92 Å². The van der Waals surface area contributed by atoms with Crippen molar-refractivity contribution >= 4 is 17.8 Å². The Bertz CT molecular complexity index is 354. The highest BCUT2D eigenvalue weighted by Crippen LogP contribution is 2.22. The van der Waals surface area contributed by atoms with Crippen molar-refractivity contribution in [1.29, 1.82) is 0 Å². The molecule has 0 saturated heterocycles. The largest absolute Gasteiger partial charge is 0.406 e. The predicted molar refractivity (Wildman–Crippen MR) is 77.1 cm³/mol. The molecule has 6 heteroatoms. The molecule has 18 heavy (non-hydrogen) atoms. The molecule has 0 radical (unpaired) electrons. The van der Waals surface area contributed by atoms with Gasteiger partial charge in [-0.2, -0.15) is 11.8 Å². The van der Waals surface area contributed by atoms with Gasteiger partial charge in [-0.3, -0.25) is 0 Å². The molecule has 0 aliphatic carbocycles. The molecule has 2 N–H and O–H groups in total. The van der Waals surface area contributed by atoms with Gasteiger partial charge in [0.1, 0.15) is 0 Å². The number of hydrogen-bond donors (Lipinski definition) is 2.